The summed E-state index contributed by atoms with van der Waals surface area (Å²) in [7, 11) is -3.73. The molecule has 2 aromatic carbocycles. The molecule has 2 aromatic rings. The molecular formula is C27H33N3O4S. The Kier molecular flexibility index (Phi) is 6.44. The molecule has 1 saturated heterocycles. The molecular weight excluding hydrogens is 462 g/mol. The van der Waals surface area contributed by atoms with Crippen LogP contribution in [0.5, 0.6) is 0 Å². The third-order valence-corrected chi connectivity index (χ3v) is 9.27. The molecule has 2 aliphatic heterocycles. The Bertz CT molecular complexity index is 1240. The Morgan fingerprint density at radius 2 is 1.77 bits per heavy atom. The van der Waals surface area contributed by atoms with E-state index in [0.717, 1.165) is 35.2 Å². The maximum absolute atomic E-state index is 13.5. The summed E-state index contributed by atoms with van der Waals surface area (Å²) < 4.78 is 28.4. The van der Waals surface area contributed by atoms with Crippen LogP contribution in [0.1, 0.15) is 49.3 Å². The molecule has 2 fully saturated rings. The van der Waals surface area contributed by atoms with Crippen LogP contribution in [0, 0.1) is 18.8 Å². The van der Waals surface area contributed by atoms with E-state index in [1.54, 1.807) is 18.2 Å². The summed E-state index contributed by atoms with van der Waals surface area (Å²) >= 11 is 0. The van der Waals surface area contributed by atoms with Gasteiger partial charge in [0.15, 0.2) is 0 Å². The first-order chi connectivity index (χ1) is 16.7. The van der Waals surface area contributed by atoms with E-state index >= 15 is 0 Å². The molecule has 2 unspecified atom stereocenters. The second-order valence-electron chi connectivity index (χ2n) is 10.2. The van der Waals surface area contributed by atoms with Crippen LogP contribution < -0.4 is 10.2 Å². The minimum atomic E-state index is -3.73. The van der Waals surface area contributed by atoms with E-state index in [2.05, 4.69) is 5.32 Å². The zero-order chi connectivity index (χ0) is 24.7. The highest BCUT2D eigenvalue weighted by Crippen LogP contribution is 2.40. The molecule has 186 valence electrons. The van der Waals surface area contributed by atoms with Gasteiger partial charge in [-0.25, -0.2) is 8.42 Å². The fourth-order valence-electron chi connectivity index (χ4n) is 5.19. The normalized spacial score (nSPS) is 22.6. The number of piperidine rings is 1. The van der Waals surface area contributed by atoms with Crippen molar-refractivity contribution in [2.75, 3.05) is 18.0 Å². The summed E-state index contributed by atoms with van der Waals surface area (Å²) in [6, 6.07) is 13.1. The predicted octanol–water partition coefficient (Wildman–Crippen LogP) is 3.40. The molecule has 8 heteroatoms. The molecule has 3 aliphatic rings. The van der Waals surface area contributed by atoms with Crippen LogP contribution in [0.25, 0.3) is 0 Å². The van der Waals surface area contributed by atoms with Gasteiger partial charge in [0.1, 0.15) is 0 Å². The van der Waals surface area contributed by atoms with E-state index in [1.807, 2.05) is 43.0 Å². The van der Waals surface area contributed by atoms with E-state index in [4.69, 9.17) is 0 Å². The van der Waals surface area contributed by atoms with Crippen LogP contribution in [0.15, 0.2) is 47.4 Å². The lowest BCUT2D eigenvalue weighted by Crippen LogP contribution is -2.45. The summed E-state index contributed by atoms with van der Waals surface area (Å²) in [4.78, 5) is 27.6. The van der Waals surface area contributed by atoms with Crippen LogP contribution in [0.2, 0.25) is 0 Å². The Morgan fingerprint density at radius 3 is 2.49 bits per heavy atom. The Labute approximate surface area is 207 Å². The van der Waals surface area contributed by atoms with E-state index < -0.39 is 10.0 Å². The molecule has 2 atom stereocenters. The maximum atomic E-state index is 13.5. The molecule has 2 heterocycles. The Hall–Kier alpha value is -2.71. The number of benzene rings is 2. The summed E-state index contributed by atoms with van der Waals surface area (Å²) in [5, 5.41) is 2.97. The van der Waals surface area contributed by atoms with Gasteiger partial charge >= 0.3 is 0 Å². The van der Waals surface area contributed by atoms with E-state index in [0.29, 0.717) is 32.4 Å². The lowest BCUT2D eigenvalue weighted by Gasteiger charge is -2.31. The number of sulfonamides is 1. The average Bonchev–Trinajstić information content (AvgIpc) is 3.65. The third-order valence-electron chi connectivity index (χ3n) is 7.41. The van der Waals surface area contributed by atoms with E-state index in [-0.39, 0.29) is 41.1 Å². The van der Waals surface area contributed by atoms with Crippen molar-refractivity contribution < 1.29 is 18.0 Å². The first-order valence-electron chi connectivity index (χ1n) is 12.5. The molecule has 0 aromatic heterocycles. The highest BCUT2D eigenvalue weighted by atomic mass is 32.2. The van der Waals surface area contributed by atoms with E-state index in [1.165, 1.54) is 4.31 Å². The number of anilines is 1. The van der Waals surface area contributed by atoms with Gasteiger partial charge in [0.2, 0.25) is 21.8 Å². The van der Waals surface area contributed by atoms with Crippen molar-refractivity contribution in [2.24, 2.45) is 11.8 Å². The van der Waals surface area contributed by atoms with Crippen molar-refractivity contribution in [3.63, 3.8) is 0 Å². The number of hydrogen-bond acceptors (Lipinski definition) is 4. The van der Waals surface area contributed by atoms with Gasteiger partial charge in [-0.1, -0.05) is 29.8 Å². The topological polar surface area (TPSA) is 86.8 Å². The van der Waals surface area contributed by atoms with Crippen molar-refractivity contribution in [1.82, 2.24) is 9.62 Å². The smallest absolute Gasteiger partial charge is 0.243 e. The molecule has 35 heavy (non-hydrogen) atoms. The van der Waals surface area contributed by atoms with Crippen molar-refractivity contribution in [2.45, 2.75) is 63.4 Å². The van der Waals surface area contributed by atoms with Gasteiger partial charge in [-0.2, -0.15) is 4.31 Å². The summed E-state index contributed by atoms with van der Waals surface area (Å²) in [5.41, 5.74) is 3.92. The van der Waals surface area contributed by atoms with Crippen molar-refractivity contribution in [3.05, 3.63) is 59.2 Å². The zero-order valence-electron chi connectivity index (χ0n) is 20.4. The second kappa shape index (κ2) is 9.39. The maximum Gasteiger partial charge on any atom is 0.243 e. The standard InChI is InChI=1S/C27H33N3O4S/c1-18-5-7-20(8-6-18)16-28-26(31)22-4-3-13-29(17-22)35(33,34)24-11-12-25-23(15-24)14-19(2)30(25)27(32)21-9-10-21/h5-8,11-12,15,19,21-22H,3-4,9-10,13-14,16-17H2,1-2H3,(H,28,31). The molecule has 1 N–H and O–H groups in total. The number of aryl methyl sites for hydroxylation is 1. The molecule has 7 nitrogen and oxygen atoms in total. The van der Waals surface area contributed by atoms with E-state index in [9.17, 15) is 18.0 Å². The quantitative estimate of drug-likeness (QED) is 0.666. The minimum Gasteiger partial charge on any atom is -0.352 e. The minimum absolute atomic E-state index is 0.0349. The van der Waals surface area contributed by atoms with Gasteiger partial charge < -0.3 is 10.2 Å². The monoisotopic (exact) mass is 495 g/mol. The summed E-state index contributed by atoms with van der Waals surface area (Å²) in [6.45, 7) is 5.05. The number of nitrogens with zero attached hydrogens (tertiary/aromatic N) is 2. The van der Waals surface area contributed by atoms with Crippen LogP contribution in [0.4, 0.5) is 5.69 Å². The van der Waals surface area contributed by atoms with Crippen molar-refractivity contribution in [1.29, 1.82) is 0 Å². The van der Waals surface area contributed by atoms with Crippen LogP contribution in [-0.4, -0.2) is 43.7 Å². The lowest BCUT2D eigenvalue weighted by atomic mass is 9.98. The summed E-state index contributed by atoms with van der Waals surface area (Å²) in [5.74, 6) is -0.204. The van der Waals surface area contributed by atoms with Crippen molar-refractivity contribution >= 4 is 27.5 Å². The number of fused-ring (bicyclic) bond motifs is 1. The van der Waals surface area contributed by atoms with Gasteiger partial charge in [-0.05, 0) is 75.3 Å². The van der Waals surface area contributed by atoms with Crippen LogP contribution >= 0.6 is 0 Å². The Morgan fingerprint density at radius 1 is 1.03 bits per heavy atom. The molecule has 0 spiro atoms. The van der Waals surface area contributed by atoms with Gasteiger partial charge in [0.05, 0.1) is 10.8 Å². The third kappa shape index (κ3) is 4.86. The number of carbonyl (C=O) groups is 2. The average molecular weight is 496 g/mol. The van der Waals surface area contributed by atoms with Crippen LogP contribution in [-0.2, 0) is 32.6 Å². The predicted molar refractivity (Wildman–Crippen MR) is 134 cm³/mol. The largest absolute Gasteiger partial charge is 0.352 e. The SMILES string of the molecule is Cc1ccc(CNC(=O)C2CCCN(S(=O)(=O)c3ccc4c(c3)CC(C)N4C(=O)C3CC3)C2)cc1. The molecule has 5 rings (SSSR count). The number of amides is 2. The van der Waals surface area contributed by atoms with Gasteiger partial charge in [-0.15, -0.1) is 0 Å². The van der Waals surface area contributed by atoms with Gasteiger partial charge in [0, 0.05) is 37.3 Å². The highest BCUT2D eigenvalue weighted by molar-refractivity contribution is 7.89. The zero-order valence-corrected chi connectivity index (χ0v) is 21.2. The highest BCUT2D eigenvalue weighted by Gasteiger charge is 2.40. The number of carbonyl (C=O) groups excluding carboxylic acids is 2. The van der Waals surface area contributed by atoms with Gasteiger partial charge in [0.25, 0.3) is 0 Å². The van der Waals surface area contributed by atoms with Crippen molar-refractivity contribution in [3.8, 4) is 0 Å². The lowest BCUT2D eigenvalue weighted by molar-refractivity contribution is -0.126. The number of hydrogen-bond donors (Lipinski definition) is 1. The first kappa shape index (κ1) is 24.0. The first-order valence-corrected chi connectivity index (χ1v) is 14.0. The Balaban J connectivity index is 1.27. The fraction of sp³-hybridized carbons (Fsp3) is 0.481. The van der Waals surface area contributed by atoms with Gasteiger partial charge in [-0.3, -0.25) is 9.59 Å². The fourth-order valence-corrected chi connectivity index (χ4v) is 6.77. The molecule has 0 bridgehead atoms. The van der Waals surface area contributed by atoms with Crippen LogP contribution in [0.3, 0.4) is 0 Å². The number of rotatable bonds is 6. The molecule has 2 amide bonds. The molecule has 1 aliphatic carbocycles. The summed E-state index contributed by atoms with van der Waals surface area (Å²) in [6.07, 6.45) is 3.86. The number of nitrogens with one attached hydrogen (secondary N) is 1. The molecule has 0 radical (unpaired) electrons. The second-order valence-corrected chi connectivity index (χ2v) is 12.2. The molecule has 1 saturated carbocycles.